The van der Waals surface area contributed by atoms with Crippen LogP contribution in [0.25, 0.3) is 16.9 Å². The number of nitrogens with zero attached hydrogens (tertiary/aromatic N) is 2. The van der Waals surface area contributed by atoms with E-state index in [4.69, 9.17) is 9.72 Å². The molecule has 1 aliphatic heterocycles. The molecule has 0 bridgehead atoms. The number of aromatic nitrogens is 2. The molecular weight excluding hydrogens is 378 g/mol. The van der Waals surface area contributed by atoms with Crippen LogP contribution in [-0.2, 0) is 16.0 Å². The molecule has 6 nitrogen and oxygen atoms in total. The number of nitrogens with one attached hydrogen (secondary N) is 1. The number of anilines is 1. The second-order valence-electron chi connectivity index (χ2n) is 7.30. The van der Waals surface area contributed by atoms with Crippen molar-refractivity contribution in [2.75, 3.05) is 5.32 Å². The molecule has 5 rings (SSSR count). The molecule has 4 aromatic rings. The Labute approximate surface area is 173 Å². The Morgan fingerprint density at radius 3 is 2.67 bits per heavy atom. The molecule has 30 heavy (non-hydrogen) atoms. The summed E-state index contributed by atoms with van der Waals surface area (Å²) in [6, 6.07) is 20.8. The summed E-state index contributed by atoms with van der Waals surface area (Å²) in [6.07, 6.45) is 1.30. The smallest absolute Gasteiger partial charge is 0.339 e. The lowest BCUT2D eigenvalue weighted by atomic mass is 9.98. The maximum atomic E-state index is 13.1. The summed E-state index contributed by atoms with van der Waals surface area (Å²) in [4.78, 5) is 30.2. The predicted octanol–water partition coefficient (Wildman–Crippen LogP) is 4.03. The number of pyridine rings is 1. The Balaban J connectivity index is 1.53. The first-order valence-corrected chi connectivity index (χ1v) is 9.74. The highest BCUT2D eigenvalue weighted by Gasteiger charge is 2.32. The van der Waals surface area contributed by atoms with Gasteiger partial charge in [-0.1, -0.05) is 54.6 Å². The fourth-order valence-corrected chi connectivity index (χ4v) is 3.80. The number of carbonyl (C=O) groups is 2. The number of benzene rings is 2. The number of aryl methyl sites for hydroxylation is 1. The van der Waals surface area contributed by atoms with Gasteiger partial charge < -0.3 is 10.1 Å². The number of carbonyl (C=O) groups excluding carboxylic acids is 2. The minimum absolute atomic E-state index is 0.337. The number of amides is 1. The topological polar surface area (TPSA) is 72.7 Å². The molecule has 0 saturated carbocycles. The number of hydrogen-bond donors (Lipinski definition) is 1. The third-order valence-corrected chi connectivity index (χ3v) is 5.32. The first-order valence-electron chi connectivity index (χ1n) is 9.74. The summed E-state index contributed by atoms with van der Waals surface area (Å²) in [6.45, 7) is 1.97. The third-order valence-electron chi connectivity index (χ3n) is 5.32. The fourth-order valence-electron chi connectivity index (χ4n) is 3.80. The predicted molar refractivity (Wildman–Crippen MR) is 113 cm³/mol. The SMILES string of the molecule is Cc1cccn2c(NC(=O)[C@@H]3Cc4ccccc4C(=O)O3)c(-c3ccccc3)nc12. The van der Waals surface area contributed by atoms with Crippen molar-refractivity contribution < 1.29 is 14.3 Å². The van der Waals surface area contributed by atoms with Gasteiger partial charge in [0.05, 0.1) is 5.56 Å². The van der Waals surface area contributed by atoms with Crippen molar-refractivity contribution in [1.29, 1.82) is 0 Å². The highest BCUT2D eigenvalue weighted by atomic mass is 16.5. The summed E-state index contributed by atoms with van der Waals surface area (Å²) in [5, 5.41) is 2.96. The van der Waals surface area contributed by atoms with Crippen LogP contribution in [0.4, 0.5) is 5.82 Å². The zero-order valence-electron chi connectivity index (χ0n) is 16.3. The van der Waals surface area contributed by atoms with E-state index in [1.165, 1.54) is 0 Å². The molecule has 0 radical (unpaired) electrons. The van der Waals surface area contributed by atoms with Gasteiger partial charge in [0, 0.05) is 18.2 Å². The zero-order chi connectivity index (χ0) is 20.7. The maximum Gasteiger partial charge on any atom is 0.339 e. The van der Waals surface area contributed by atoms with Crippen molar-refractivity contribution >= 4 is 23.3 Å². The summed E-state index contributed by atoms with van der Waals surface area (Å²) < 4.78 is 7.28. The van der Waals surface area contributed by atoms with E-state index >= 15 is 0 Å². The number of ether oxygens (including phenoxy) is 1. The monoisotopic (exact) mass is 397 g/mol. The van der Waals surface area contributed by atoms with Crippen LogP contribution in [0.15, 0.2) is 72.9 Å². The van der Waals surface area contributed by atoms with E-state index in [0.717, 1.165) is 22.3 Å². The van der Waals surface area contributed by atoms with Crippen molar-refractivity contribution in [3.63, 3.8) is 0 Å². The van der Waals surface area contributed by atoms with Crippen LogP contribution in [0.1, 0.15) is 21.5 Å². The third kappa shape index (κ3) is 3.03. The molecule has 148 valence electrons. The Bertz CT molecular complexity index is 1280. The van der Waals surface area contributed by atoms with Gasteiger partial charge in [-0.25, -0.2) is 9.78 Å². The van der Waals surface area contributed by atoms with Crippen molar-refractivity contribution in [3.05, 3.63) is 89.6 Å². The molecule has 0 aliphatic carbocycles. The molecule has 6 heteroatoms. The van der Waals surface area contributed by atoms with Gasteiger partial charge in [-0.3, -0.25) is 9.20 Å². The van der Waals surface area contributed by atoms with Gasteiger partial charge in [0.2, 0.25) is 0 Å². The van der Waals surface area contributed by atoms with E-state index in [1.54, 1.807) is 12.1 Å². The zero-order valence-corrected chi connectivity index (χ0v) is 16.3. The number of imidazole rings is 1. The van der Waals surface area contributed by atoms with Crippen LogP contribution in [0.3, 0.4) is 0 Å². The summed E-state index contributed by atoms with van der Waals surface area (Å²) >= 11 is 0. The normalized spacial score (nSPS) is 15.5. The molecule has 1 N–H and O–H groups in total. The number of fused-ring (bicyclic) bond motifs is 2. The van der Waals surface area contributed by atoms with Crippen LogP contribution >= 0.6 is 0 Å². The maximum absolute atomic E-state index is 13.1. The number of hydrogen-bond acceptors (Lipinski definition) is 4. The first-order chi connectivity index (χ1) is 14.6. The molecule has 2 aromatic heterocycles. The standard InChI is InChI=1S/C24H19N3O3/c1-15-8-7-13-27-21(15)25-20(16-9-3-2-4-10-16)22(27)26-23(28)19-14-17-11-5-6-12-18(17)24(29)30-19/h2-13,19H,14H2,1H3,(H,26,28)/t19-/m0/s1. The van der Waals surface area contributed by atoms with Gasteiger partial charge in [0.15, 0.2) is 6.10 Å². The van der Waals surface area contributed by atoms with E-state index in [1.807, 2.05) is 72.1 Å². The Kier molecular flexibility index (Phi) is 4.32. The Morgan fingerprint density at radius 1 is 1.07 bits per heavy atom. The van der Waals surface area contributed by atoms with Crippen molar-refractivity contribution in [2.45, 2.75) is 19.4 Å². The minimum atomic E-state index is -0.897. The second-order valence-corrected chi connectivity index (χ2v) is 7.30. The Hall–Kier alpha value is -3.93. The first kappa shape index (κ1) is 18.1. The van der Waals surface area contributed by atoms with Crippen molar-refractivity contribution in [3.8, 4) is 11.3 Å². The number of rotatable bonds is 3. The molecule has 0 saturated heterocycles. The van der Waals surface area contributed by atoms with E-state index < -0.39 is 12.1 Å². The van der Waals surface area contributed by atoms with Crippen molar-refractivity contribution in [1.82, 2.24) is 9.38 Å². The summed E-state index contributed by atoms with van der Waals surface area (Å²) in [5.74, 6) is -0.299. The molecule has 1 atom stereocenters. The van der Waals surface area contributed by atoms with Crippen LogP contribution in [0.2, 0.25) is 0 Å². The quantitative estimate of drug-likeness (QED) is 0.530. The molecule has 3 heterocycles. The van der Waals surface area contributed by atoms with E-state index in [-0.39, 0.29) is 5.91 Å². The van der Waals surface area contributed by atoms with Crippen molar-refractivity contribution in [2.24, 2.45) is 0 Å². The molecule has 0 fully saturated rings. The van der Waals surface area contributed by atoms with Crippen LogP contribution in [0.5, 0.6) is 0 Å². The molecular formula is C24H19N3O3. The minimum Gasteiger partial charge on any atom is -0.448 e. The van der Waals surface area contributed by atoms with Gasteiger partial charge in [-0.2, -0.15) is 0 Å². The second kappa shape index (κ2) is 7.15. The summed E-state index contributed by atoms with van der Waals surface area (Å²) in [5.41, 5.74) is 4.64. The highest BCUT2D eigenvalue weighted by Crippen LogP contribution is 2.30. The number of cyclic esters (lactones) is 1. The molecule has 0 spiro atoms. The fraction of sp³-hybridized carbons (Fsp3) is 0.125. The lowest BCUT2D eigenvalue weighted by Gasteiger charge is -2.23. The Morgan fingerprint density at radius 2 is 1.83 bits per heavy atom. The highest BCUT2D eigenvalue weighted by molar-refractivity contribution is 6.01. The van der Waals surface area contributed by atoms with Gasteiger partial charge in [0.25, 0.3) is 5.91 Å². The van der Waals surface area contributed by atoms with Crippen LogP contribution in [-0.4, -0.2) is 27.4 Å². The lowest BCUT2D eigenvalue weighted by Crippen LogP contribution is -2.38. The summed E-state index contributed by atoms with van der Waals surface area (Å²) in [7, 11) is 0. The van der Waals surface area contributed by atoms with Crippen LogP contribution in [0, 0.1) is 6.92 Å². The van der Waals surface area contributed by atoms with E-state index in [9.17, 15) is 9.59 Å². The van der Waals surface area contributed by atoms with Gasteiger partial charge in [0.1, 0.15) is 17.2 Å². The molecule has 0 unspecified atom stereocenters. The average molecular weight is 397 g/mol. The van der Waals surface area contributed by atoms with E-state index in [2.05, 4.69) is 5.32 Å². The largest absolute Gasteiger partial charge is 0.448 e. The lowest BCUT2D eigenvalue weighted by molar-refractivity contribution is -0.125. The number of esters is 1. The average Bonchev–Trinajstić information content (AvgIpc) is 3.14. The molecule has 2 aromatic carbocycles. The van der Waals surface area contributed by atoms with Gasteiger partial charge in [-0.05, 0) is 30.2 Å². The van der Waals surface area contributed by atoms with Gasteiger partial charge in [-0.15, -0.1) is 0 Å². The van der Waals surface area contributed by atoms with Crippen LogP contribution < -0.4 is 5.32 Å². The molecule has 1 amide bonds. The molecule has 1 aliphatic rings. The van der Waals surface area contributed by atoms with E-state index in [0.29, 0.717) is 23.5 Å². The van der Waals surface area contributed by atoms with Gasteiger partial charge >= 0.3 is 5.97 Å².